The molecule has 1 aromatic heterocycles. The second-order valence-corrected chi connectivity index (χ2v) is 6.77. The summed E-state index contributed by atoms with van der Waals surface area (Å²) in [7, 11) is 0. The third kappa shape index (κ3) is 2.44. The fourth-order valence-corrected chi connectivity index (χ4v) is 3.82. The zero-order valence-corrected chi connectivity index (χ0v) is 13.4. The number of hydrogen-bond donors (Lipinski definition) is 0. The van der Waals surface area contributed by atoms with Crippen molar-refractivity contribution < 1.29 is 22.7 Å². The molecule has 5 nitrogen and oxygen atoms in total. The standard InChI is InChI=1S/C16H16F3N3O2/c1-8-7-22(14(23)15(2,3)24-16(17,18)19)13-10-6-21-5-9(4-20)12(10)11(8)13/h5-6,8,11,13H,7H2,1-3H3/t8-,11?,13+/m0/s1. The van der Waals surface area contributed by atoms with Gasteiger partial charge in [-0.3, -0.25) is 14.5 Å². The Morgan fingerprint density at radius 1 is 1.42 bits per heavy atom. The van der Waals surface area contributed by atoms with Gasteiger partial charge in [0, 0.05) is 24.9 Å². The van der Waals surface area contributed by atoms with Gasteiger partial charge < -0.3 is 4.90 Å². The molecule has 1 fully saturated rings. The summed E-state index contributed by atoms with van der Waals surface area (Å²) in [5, 5.41) is 9.20. The van der Waals surface area contributed by atoms with Gasteiger partial charge in [-0.1, -0.05) is 6.92 Å². The molecule has 1 unspecified atom stereocenters. The van der Waals surface area contributed by atoms with Crippen LogP contribution in [0.4, 0.5) is 13.2 Å². The van der Waals surface area contributed by atoms with Crippen LogP contribution in [-0.4, -0.2) is 34.3 Å². The van der Waals surface area contributed by atoms with Gasteiger partial charge in [0.05, 0.1) is 11.6 Å². The van der Waals surface area contributed by atoms with Gasteiger partial charge >= 0.3 is 6.36 Å². The maximum atomic E-state index is 12.7. The predicted molar refractivity (Wildman–Crippen MR) is 76.5 cm³/mol. The Kier molecular flexibility index (Phi) is 3.61. The van der Waals surface area contributed by atoms with Crippen molar-refractivity contribution in [3.05, 3.63) is 29.1 Å². The number of pyridine rings is 1. The van der Waals surface area contributed by atoms with Gasteiger partial charge in [-0.05, 0) is 30.9 Å². The topological polar surface area (TPSA) is 66.2 Å². The maximum Gasteiger partial charge on any atom is 0.523 e. The summed E-state index contributed by atoms with van der Waals surface area (Å²) in [6, 6.07) is 1.74. The number of fused-ring (bicyclic) bond motifs is 4. The van der Waals surface area contributed by atoms with Gasteiger partial charge in [-0.2, -0.15) is 5.26 Å². The largest absolute Gasteiger partial charge is 0.523 e. The number of hydrogen-bond acceptors (Lipinski definition) is 4. The third-order valence-corrected chi connectivity index (χ3v) is 4.71. The van der Waals surface area contributed by atoms with E-state index in [9.17, 15) is 23.2 Å². The second kappa shape index (κ2) is 5.18. The van der Waals surface area contributed by atoms with E-state index in [1.807, 2.05) is 6.92 Å². The molecule has 8 heteroatoms. The van der Waals surface area contributed by atoms with Crippen LogP contribution in [0, 0.1) is 17.2 Å². The summed E-state index contributed by atoms with van der Waals surface area (Å²) in [6.45, 7) is 4.47. The number of ether oxygens (including phenoxy) is 1. The van der Waals surface area contributed by atoms with Crippen LogP contribution in [0.2, 0.25) is 0 Å². The first kappa shape index (κ1) is 16.7. The monoisotopic (exact) mass is 339 g/mol. The Morgan fingerprint density at radius 3 is 2.67 bits per heavy atom. The minimum absolute atomic E-state index is 0.0441. The Bertz CT molecular complexity index is 739. The summed E-state index contributed by atoms with van der Waals surface area (Å²) in [5.74, 6) is -0.724. The smallest absolute Gasteiger partial charge is 0.332 e. The first-order valence-electron chi connectivity index (χ1n) is 7.52. The van der Waals surface area contributed by atoms with E-state index in [1.54, 1.807) is 6.20 Å². The molecule has 24 heavy (non-hydrogen) atoms. The molecule has 2 heterocycles. The lowest BCUT2D eigenvalue weighted by Crippen LogP contribution is -2.50. The van der Waals surface area contributed by atoms with E-state index in [-0.39, 0.29) is 17.9 Å². The fourth-order valence-electron chi connectivity index (χ4n) is 3.82. The SMILES string of the molecule is C[C@H]1CN(C(=O)C(C)(C)OC(F)(F)F)[C@@H]2c3cncc(C#N)c3C21. The van der Waals surface area contributed by atoms with Crippen molar-refractivity contribution >= 4 is 5.91 Å². The van der Waals surface area contributed by atoms with E-state index in [2.05, 4.69) is 15.8 Å². The van der Waals surface area contributed by atoms with E-state index in [0.29, 0.717) is 12.1 Å². The number of nitrogens with zero attached hydrogens (tertiary/aromatic N) is 3. The summed E-state index contributed by atoms with van der Waals surface area (Å²) in [4.78, 5) is 18.1. The normalized spacial score (nSPS) is 25.5. The van der Waals surface area contributed by atoms with Crippen molar-refractivity contribution in [2.75, 3.05) is 6.54 Å². The van der Waals surface area contributed by atoms with E-state index >= 15 is 0 Å². The van der Waals surface area contributed by atoms with E-state index in [4.69, 9.17) is 0 Å². The molecule has 0 spiro atoms. The van der Waals surface area contributed by atoms with Gasteiger partial charge in [-0.25, -0.2) is 0 Å². The number of amides is 1. The minimum Gasteiger partial charge on any atom is -0.332 e. The first-order chi connectivity index (χ1) is 11.1. The minimum atomic E-state index is -4.89. The van der Waals surface area contributed by atoms with Crippen LogP contribution in [0.5, 0.6) is 0 Å². The zero-order chi connectivity index (χ0) is 17.9. The molecular weight excluding hydrogens is 323 g/mol. The average molecular weight is 339 g/mol. The van der Waals surface area contributed by atoms with Gasteiger partial charge in [0.2, 0.25) is 0 Å². The summed E-state index contributed by atoms with van der Waals surface area (Å²) in [6.07, 6.45) is -1.84. The quantitative estimate of drug-likeness (QED) is 0.831. The maximum absolute atomic E-state index is 12.7. The number of halogens is 3. The van der Waals surface area contributed by atoms with E-state index < -0.39 is 17.9 Å². The highest BCUT2D eigenvalue weighted by molar-refractivity contribution is 5.86. The lowest BCUT2D eigenvalue weighted by atomic mass is 9.69. The summed E-state index contributed by atoms with van der Waals surface area (Å²) >= 11 is 0. The molecule has 3 atom stereocenters. The molecule has 1 aliphatic heterocycles. The lowest BCUT2D eigenvalue weighted by molar-refractivity contribution is -0.355. The number of rotatable bonds is 2. The average Bonchev–Trinajstić information content (AvgIpc) is 2.72. The molecule has 0 N–H and O–H groups in total. The zero-order valence-electron chi connectivity index (χ0n) is 13.4. The number of likely N-dealkylation sites (tertiary alicyclic amines) is 1. The van der Waals surface area contributed by atoms with Crippen LogP contribution in [0.15, 0.2) is 12.4 Å². The van der Waals surface area contributed by atoms with Crippen molar-refractivity contribution in [1.82, 2.24) is 9.88 Å². The molecule has 0 aromatic carbocycles. The van der Waals surface area contributed by atoms with Gasteiger partial charge in [0.25, 0.3) is 5.91 Å². The molecule has 1 saturated heterocycles. The Labute approximate surface area is 137 Å². The van der Waals surface area contributed by atoms with Crippen molar-refractivity contribution in [3.8, 4) is 6.07 Å². The van der Waals surface area contributed by atoms with E-state index in [0.717, 1.165) is 25.0 Å². The fraction of sp³-hybridized carbons (Fsp3) is 0.562. The summed E-state index contributed by atoms with van der Waals surface area (Å²) < 4.78 is 41.7. The lowest BCUT2D eigenvalue weighted by Gasteiger charge is -2.41. The number of nitriles is 1. The van der Waals surface area contributed by atoms with Crippen LogP contribution < -0.4 is 0 Å². The number of carbonyl (C=O) groups excluding carboxylic acids is 1. The van der Waals surface area contributed by atoms with Crippen LogP contribution in [0.3, 0.4) is 0 Å². The molecule has 3 rings (SSSR count). The molecule has 2 aliphatic rings. The molecule has 1 amide bonds. The Morgan fingerprint density at radius 2 is 2.08 bits per heavy atom. The van der Waals surface area contributed by atoms with Crippen LogP contribution >= 0.6 is 0 Å². The Balaban J connectivity index is 1.92. The third-order valence-electron chi connectivity index (χ3n) is 4.71. The van der Waals surface area contributed by atoms with Crippen LogP contribution in [0.25, 0.3) is 0 Å². The number of carbonyl (C=O) groups is 1. The molecule has 1 aliphatic carbocycles. The van der Waals surface area contributed by atoms with Crippen LogP contribution in [0.1, 0.15) is 49.4 Å². The van der Waals surface area contributed by atoms with Crippen molar-refractivity contribution in [2.24, 2.45) is 5.92 Å². The van der Waals surface area contributed by atoms with Gasteiger partial charge in [0.1, 0.15) is 6.07 Å². The van der Waals surface area contributed by atoms with E-state index in [1.165, 1.54) is 11.1 Å². The van der Waals surface area contributed by atoms with Crippen molar-refractivity contribution in [3.63, 3.8) is 0 Å². The highest BCUT2D eigenvalue weighted by Gasteiger charge is 2.56. The molecular formula is C16H16F3N3O2. The van der Waals surface area contributed by atoms with Gasteiger partial charge in [-0.15, -0.1) is 13.2 Å². The molecule has 0 bridgehead atoms. The highest BCUT2D eigenvalue weighted by Crippen LogP contribution is 2.58. The van der Waals surface area contributed by atoms with Crippen molar-refractivity contribution in [2.45, 2.75) is 44.7 Å². The molecule has 0 radical (unpaired) electrons. The Hall–Kier alpha value is -2.14. The van der Waals surface area contributed by atoms with Crippen LogP contribution in [-0.2, 0) is 9.53 Å². The molecule has 128 valence electrons. The number of aromatic nitrogens is 1. The van der Waals surface area contributed by atoms with Gasteiger partial charge in [0.15, 0.2) is 5.60 Å². The molecule has 1 aromatic rings. The summed E-state index contributed by atoms with van der Waals surface area (Å²) in [5.41, 5.74) is 0.0400. The first-order valence-corrected chi connectivity index (χ1v) is 7.52. The second-order valence-electron chi connectivity index (χ2n) is 6.77. The molecule has 0 saturated carbocycles. The predicted octanol–water partition coefficient (Wildman–Crippen LogP) is 2.88. The highest BCUT2D eigenvalue weighted by atomic mass is 19.4. The number of alkyl halides is 3. The van der Waals surface area contributed by atoms with Crippen molar-refractivity contribution in [1.29, 1.82) is 5.26 Å².